The maximum atomic E-state index is 13.7. The van der Waals surface area contributed by atoms with E-state index in [0.29, 0.717) is 0 Å². The number of aromatic amines is 1. The highest BCUT2D eigenvalue weighted by molar-refractivity contribution is 5.91. The molecule has 2 aromatic heterocycles. The lowest BCUT2D eigenvalue weighted by Crippen LogP contribution is -2.46. The summed E-state index contributed by atoms with van der Waals surface area (Å²) in [6, 6.07) is 14.9. The molecule has 27 heavy (non-hydrogen) atoms. The summed E-state index contributed by atoms with van der Waals surface area (Å²) in [6.07, 6.45) is 1.80. The van der Waals surface area contributed by atoms with Gasteiger partial charge < -0.3 is 9.88 Å². The maximum absolute atomic E-state index is 13.7. The van der Waals surface area contributed by atoms with Gasteiger partial charge in [0.1, 0.15) is 11.6 Å². The molecule has 1 fully saturated rings. The van der Waals surface area contributed by atoms with E-state index in [0.717, 1.165) is 66.2 Å². The van der Waals surface area contributed by atoms with Crippen LogP contribution in [0.5, 0.6) is 0 Å². The largest absolute Gasteiger partial charge is 0.368 e. The van der Waals surface area contributed by atoms with Crippen LogP contribution in [0.25, 0.3) is 21.9 Å². The second kappa shape index (κ2) is 6.63. The molecular weight excluding hydrogens is 341 g/mol. The minimum absolute atomic E-state index is 0.222. The van der Waals surface area contributed by atoms with Crippen LogP contribution in [-0.4, -0.2) is 46.0 Å². The van der Waals surface area contributed by atoms with E-state index >= 15 is 0 Å². The first-order valence-electron chi connectivity index (χ1n) is 9.21. The third-order valence-electron chi connectivity index (χ3n) is 5.21. The number of aromatic nitrogens is 3. The van der Waals surface area contributed by atoms with Crippen molar-refractivity contribution in [2.45, 2.75) is 6.54 Å². The Labute approximate surface area is 156 Å². The van der Waals surface area contributed by atoms with E-state index in [-0.39, 0.29) is 5.82 Å². The third kappa shape index (κ3) is 3.13. The van der Waals surface area contributed by atoms with Gasteiger partial charge >= 0.3 is 0 Å². The molecule has 2 aromatic carbocycles. The van der Waals surface area contributed by atoms with Crippen LogP contribution in [0.15, 0.2) is 54.7 Å². The van der Waals surface area contributed by atoms with Crippen molar-refractivity contribution in [3.63, 3.8) is 0 Å². The number of rotatable bonds is 3. The van der Waals surface area contributed by atoms with Crippen LogP contribution < -0.4 is 4.90 Å². The van der Waals surface area contributed by atoms with Crippen LogP contribution in [0.3, 0.4) is 0 Å². The molecular formula is C21H20FN5. The molecule has 0 atom stereocenters. The Balaban J connectivity index is 1.31. The zero-order valence-electron chi connectivity index (χ0n) is 14.9. The van der Waals surface area contributed by atoms with Crippen LogP contribution in [0, 0.1) is 5.82 Å². The topological polar surface area (TPSA) is 48.1 Å². The van der Waals surface area contributed by atoms with E-state index in [9.17, 15) is 4.39 Å². The predicted octanol–water partition coefficient (Wildman–Crippen LogP) is 3.57. The molecule has 0 bridgehead atoms. The molecule has 1 aliphatic rings. The Morgan fingerprint density at radius 3 is 2.67 bits per heavy atom. The van der Waals surface area contributed by atoms with Crippen molar-refractivity contribution in [2.75, 3.05) is 31.1 Å². The Bertz CT molecular complexity index is 1070. The third-order valence-corrected chi connectivity index (χ3v) is 5.21. The number of hydrogen-bond acceptors (Lipinski definition) is 4. The van der Waals surface area contributed by atoms with Crippen molar-refractivity contribution >= 4 is 27.6 Å². The highest BCUT2D eigenvalue weighted by Gasteiger charge is 2.20. The Morgan fingerprint density at radius 2 is 1.81 bits per heavy atom. The van der Waals surface area contributed by atoms with E-state index < -0.39 is 0 Å². The fraction of sp³-hybridized carbons (Fsp3) is 0.238. The van der Waals surface area contributed by atoms with E-state index in [1.165, 1.54) is 6.07 Å². The van der Waals surface area contributed by atoms with Crippen molar-refractivity contribution in [1.29, 1.82) is 0 Å². The number of H-pyrrole nitrogens is 1. The number of pyridine rings is 1. The van der Waals surface area contributed by atoms with E-state index in [4.69, 9.17) is 0 Å². The van der Waals surface area contributed by atoms with E-state index in [2.05, 4.69) is 30.8 Å². The summed E-state index contributed by atoms with van der Waals surface area (Å²) in [4.78, 5) is 17.1. The van der Waals surface area contributed by atoms with Gasteiger partial charge in [-0.3, -0.25) is 9.88 Å². The van der Waals surface area contributed by atoms with Crippen molar-refractivity contribution < 1.29 is 4.39 Å². The molecule has 4 aromatic rings. The first-order chi connectivity index (χ1) is 13.3. The van der Waals surface area contributed by atoms with Crippen molar-refractivity contribution in [1.82, 2.24) is 19.9 Å². The molecule has 0 aliphatic carbocycles. The number of anilines is 1. The summed E-state index contributed by atoms with van der Waals surface area (Å²) < 4.78 is 13.7. The molecule has 0 spiro atoms. The summed E-state index contributed by atoms with van der Waals surface area (Å²) in [5, 5.41) is 0.878. The van der Waals surface area contributed by atoms with Gasteiger partial charge in [0.15, 0.2) is 0 Å². The van der Waals surface area contributed by atoms with Gasteiger partial charge in [-0.2, -0.15) is 0 Å². The van der Waals surface area contributed by atoms with Crippen LogP contribution in [0.4, 0.5) is 10.1 Å². The van der Waals surface area contributed by atoms with Gasteiger partial charge in [-0.1, -0.05) is 12.1 Å². The number of nitrogens with one attached hydrogen (secondary N) is 1. The molecule has 5 nitrogen and oxygen atoms in total. The molecule has 1 saturated heterocycles. The van der Waals surface area contributed by atoms with Crippen molar-refractivity contribution in [3.05, 3.63) is 66.4 Å². The molecule has 6 heteroatoms. The Morgan fingerprint density at radius 1 is 0.963 bits per heavy atom. The van der Waals surface area contributed by atoms with Crippen LogP contribution in [-0.2, 0) is 6.54 Å². The minimum Gasteiger partial charge on any atom is -0.368 e. The normalized spacial score (nSPS) is 15.7. The number of benzene rings is 2. The number of halogens is 1. The van der Waals surface area contributed by atoms with Crippen molar-refractivity contribution in [2.24, 2.45) is 0 Å². The number of imidazole rings is 1. The lowest BCUT2D eigenvalue weighted by atomic mass is 10.1. The van der Waals surface area contributed by atoms with Crippen LogP contribution in [0.2, 0.25) is 0 Å². The smallest absolute Gasteiger partial charge is 0.124 e. The first-order valence-corrected chi connectivity index (χ1v) is 9.21. The van der Waals surface area contributed by atoms with Crippen LogP contribution in [0.1, 0.15) is 5.82 Å². The van der Waals surface area contributed by atoms with Gasteiger partial charge in [-0.15, -0.1) is 0 Å². The molecule has 3 heterocycles. The van der Waals surface area contributed by atoms with E-state index in [1.54, 1.807) is 18.3 Å². The van der Waals surface area contributed by atoms with Gasteiger partial charge in [-0.05, 0) is 36.4 Å². The monoisotopic (exact) mass is 361 g/mol. The fourth-order valence-corrected chi connectivity index (χ4v) is 3.82. The minimum atomic E-state index is -0.222. The lowest BCUT2D eigenvalue weighted by Gasteiger charge is -2.36. The summed E-state index contributed by atoms with van der Waals surface area (Å²) in [7, 11) is 0. The summed E-state index contributed by atoms with van der Waals surface area (Å²) >= 11 is 0. The molecule has 0 unspecified atom stereocenters. The average Bonchev–Trinajstić information content (AvgIpc) is 3.10. The number of nitrogens with zero attached hydrogens (tertiary/aromatic N) is 4. The average molecular weight is 361 g/mol. The zero-order valence-corrected chi connectivity index (χ0v) is 14.9. The van der Waals surface area contributed by atoms with Gasteiger partial charge in [0, 0.05) is 43.4 Å². The van der Waals surface area contributed by atoms with E-state index in [1.807, 2.05) is 24.3 Å². The van der Waals surface area contributed by atoms with Gasteiger partial charge in [0.2, 0.25) is 0 Å². The summed E-state index contributed by atoms with van der Waals surface area (Å²) in [5.41, 5.74) is 3.98. The molecule has 0 saturated carbocycles. The standard InChI is InChI=1S/C21H20FN5/c22-15-5-6-17-16(13-15)20(7-8-23-17)27-11-9-26(10-12-27)14-21-24-18-3-1-2-4-19(18)25-21/h1-8,13H,9-12,14H2,(H,24,25). The van der Waals surface area contributed by atoms with Gasteiger partial charge in [0.05, 0.1) is 23.1 Å². The predicted molar refractivity (Wildman–Crippen MR) is 105 cm³/mol. The summed E-state index contributed by atoms with van der Waals surface area (Å²) in [6.45, 7) is 4.49. The first kappa shape index (κ1) is 16.2. The molecule has 0 amide bonds. The second-order valence-electron chi connectivity index (χ2n) is 6.96. The molecule has 1 aliphatic heterocycles. The summed E-state index contributed by atoms with van der Waals surface area (Å²) in [5.74, 6) is 0.779. The number of hydrogen-bond donors (Lipinski definition) is 1. The Kier molecular flexibility index (Phi) is 3.98. The lowest BCUT2D eigenvalue weighted by molar-refractivity contribution is 0.245. The Hall–Kier alpha value is -2.99. The molecule has 1 N–H and O–H groups in total. The quantitative estimate of drug-likeness (QED) is 0.606. The van der Waals surface area contributed by atoms with Gasteiger partial charge in [-0.25, -0.2) is 9.37 Å². The molecule has 0 radical (unpaired) electrons. The number of para-hydroxylation sites is 2. The van der Waals surface area contributed by atoms with Gasteiger partial charge in [0.25, 0.3) is 0 Å². The fourth-order valence-electron chi connectivity index (χ4n) is 3.82. The van der Waals surface area contributed by atoms with Crippen molar-refractivity contribution in [3.8, 4) is 0 Å². The maximum Gasteiger partial charge on any atom is 0.124 e. The zero-order chi connectivity index (χ0) is 18.2. The molecule has 136 valence electrons. The van der Waals surface area contributed by atoms with Crippen LogP contribution >= 0.6 is 0 Å². The highest BCUT2D eigenvalue weighted by atomic mass is 19.1. The molecule has 5 rings (SSSR count). The number of fused-ring (bicyclic) bond motifs is 2. The second-order valence-corrected chi connectivity index (χ2v) is 6.96. The highest BCUT2D eigenvalue weighted by Crippen LogP contribution is 2.27. The number of piperazine rings is 1. The SMILES string of the molecule is Fc1ccc2nccc(N3CCN(Cc4nc5ccccc5[nH]4)CC3)c2c1.